The van der Waals surface area contributed by atoms with Crippen LogP contribution in [0.1, 0.15) is 15.2 Å². The number of sulfonamides is 1. The normalized spacial score (nSPS) is 11.2. The van der Waals surface area contributed by atoms with Gasteiger partial charge >= 0.3 is 0 Å². The number of hydrogen-bond acceptors (Lipinski definition) is 4. The first-order valence-corrected chi connectivity index (χ1v) is 8.50. The average molecular weight is 324 g/mol. The zero-order valence-corrected chi connectivity index (χ0v) is 13.6. The second kappa shape index (κ2) is 5.87. The van der Waals surface area contributed by atoms with Crippen molar-refractivity contribution in [2.75, 3.05) is 18.8 Å². The van der Waals surface area contributed by atoms with Gasteiger partial charge in [0.1, 0.15) is 4.21 Å². The minimum atomic E-state index is -3.61. The lowest BCUT2D eigenvalue weighted by atomic mass is 10.2. The molecule has 2 aromatic rings. The highest BCUT2D eigenvalue weighted by molar-refractivity contribution is 7.94. The van der Waals surface area contributed by atoms with Gasteiger partial charge in [-0.25, -0.2) is 8.42 Å². The van der Waals surface area contributed by atoms with Crippen LogP contribution in [0.15, 0.2) is 40.6 Å². The third kappa shape index (κ3) is 3.62. The summed E-state index contributed by atoms with van der Waals surface area (Å²) < 4.78 is 27.2. The molecule has 1 aromatic heterocycles. The fourth-order valence-corrected chi connectivity index (χ4v) is 4.07. The number of amides is 1. The summed E-state index contributed by atoms with van der Waals surface area (Å²) in [6, 6.07) is 9.76. The molecule has 21 heavy (non-hydrogen) atoms. The Bertz CT molecular complexity index is 764. The summed E-state index contributed by atoms with van der Waals surface area (Å²) in [4.78, 5) is 14.3. The van der Waals surface area contributed by atoms with Crippen LogP contribution in [0.3, 0.4) is 0 Å². The van der Waals surface area contributed by atoms with Gasteiger partial charge in [-0.3, -0.25) is 9.52 Å². The van der Waals surface area contributed by atoms with Crippen molar-refractivity contribution in [1.82, 2.24) is 4.90 Å². The van der Waals surface area contributed by atoms with Crippen LogP contribution in [-0.4, -0.2) is 33.3 Å². The summed E-state index contributed by atoms with van der Waals surface area (Å²) in [6.07, 6.45) is 0. The topological polar surface area (TPSA) is 66.5 Å². The lowest BCUT2D eigenvalue weighted by Gasteiger charge is -2.12. The molecule has 0 aliphatic rings. The van der Waals surface area contributed by atoms with E-state index in [1.54, 1.807) is 44.4 Å². The Kier molecular flexibility index (Phi) is 4.34. The van der Waals surface area contributed by atoms with Crippen molar-refractivity contribution in [3.05, 3.63) is 46.8 Å². The highest BCUT2D eigenvalue weighted by Crippen LogP contribution is 2.23. The van der Waals surface area contributed by atoms with E-state index in [-0.39, 0.29) is 10.1 Å². The van der Waals surface area contributed by atoms with E-state index < -0.39 is 10.0 Å². The molecule has 0 fully saturated rings. The smallest absolute Gasteiger partial charge is 0.271 e. The van der Waals surface area contributed by atoms with E-state index in [9.17, 15) is 13.2 Å². The minimum absolute atomic E-state index is 0.178. The van der Waals surface area contributed by atoms with Gasteiger partial charge in [0, 0.05) is 30.2 Å². The van der Waals surface area contributed by atoms with Gasteiger partial charge in [-0.2, -0.15) is 0 Å². The Labute approximate surface area is 128 Å². The molecule has 1 heterocycles. The molecule has 0 saturated heterocycles. The maximum absolute atomic E-state index is 12.2. The van der Waals surface area contributed by atoms with Gasteiger partial charge in [-0.05, 0) is 37.3 Å². The molecule has 112 valence electrons. The molecule has 0 bridgehead atoms. The number of carbonyl (C=O) groups is 1. The summed E-state index contributed by atoms with van der Waals surface area (Å²) in [5, 5.41) is 0. The Morgan fingerprint density at radius 2 is 1.90 bits per heavy atom. The van der Waals surface area contributed by atoms with E-state index in [1.165, 1.54) is 22.3 Å². The van der Waals surface area contributed by atoms with Crippen LogP contribution in [-0.2, 0) is 10.0 Å². The highest BCUT2D eigenvalue weighted by atomic mass is 32.2. The zero-order chi connectivity index (χ0) is 15.6. The molecule has 1 amide bonds. The van der Waals surface area contributed by atoms with E-state index in [2.05, 4.69) is 4.72 Å². The van der Waals surface area contributed by atoms with Crippen molar-refractivity contribution in [2.45, 2.75) is 11.1 Å². The number of rotatable bonds is 4. The van der Waals surface area contributed by atoms with Gasteiger partial charge in [0.05, 0.1) is 0 Å². The second-order valence-electron chi connectivity index (χ2n) is 4.75. The van der Waals surface area contributed by atoms with E-state index in [4.69, 9.17) is 0 Å². The summed E-state index contributed by atoms with van der Waals surface area (Å²) in [5.74, 6) is -0.178. The van der Waals surface area contributed by atoms with E-state index in [0.717, 1.165) is 4.88 Å². The highest BCUT2D eigenvalue weighted by Gasteiger charge is 2.17. The van der Waals surface area contributed by atoms with E-state index >= 15 is 0 Å². The monoisotopic (exact) mass is 324 g/mol. The number of nitrogens with one attached hydrogen (secondary N) is 1. The Hall–Kier alpha value is -1.86. The molecule has 1 aromatic carbocycles. The third-order valence-electron chi connectivity index (χ3n) is 2.75. The molecular formula is C14H16N2O3S2. The van der Waals surface area contributed by atoms with Crippen molar-refractivity contribution < 1.29 is 13.2 Å². The van der Waals surface area contributed by atoms with E-state index in [0.29, 0.717) is 11.3 Å². The van der Waals surface area contributed by atoms with Crippen molar-refractivity contribution in [3.8, 4) is 0 Å². The lowest BCUT2D eigenvalue weighted by Crippen LogP contribution is -2.21. The number of nitrogens with zero attached hydrogens (tertiary/aromatic N) is 1. The fourth-order valence-electron chi connectivity index (χ4n) is 1.74. The third-order valence-corrected chi connectivity index (χ3v) is 5.62. The van der Waals surface area contributed by atoms with Gasteiger partial charge in [-0.15, -0.1) is 11.3 Å². The predicted octanol–water partition coefficient (Wildman–Crippen LogP) is 2.56. The molecule has 5 nitrogen and oxygen atoms in total. The number of anilines is 1. The predicted molar refractivity (Wildman–Crippen MR) is 84.3 cm³/mol. The molecule has 2 rings (SSSR count). The van der Waals surface area contributed by atoms with Crippen LogP contribution in [0.25, 0.3) is 0 Å². The molecule has 7 heteroatoms. The van der Waals surface area contributed by atoms with Gasteiger partial charge in [0.15, 0.2) is 0 Å². The van der Waals surface area contributed by atoms with Crippen LogP contribution < -0.4 is 4.72 Å². The second-order valence-corrected chi connectivity index (χ2v) is 7.95. The van der Waals surface area contributed by atoms with Crippen molar-refractivity contribution in [1.29, 1.82) is 0 Å². The number of hydrogen-bond donors (Lipinski definition) is 1. The zero-order valence-electron chi connectivity index (χ0n) is 12.0. The largest absolute Gasteiger partial charge is 0.345 e. The maximum Gasteiger partial charge on any atom is 0.271 e. The Balaban J connectivity index is 2.28. The van der Waals surface area contributed by atoms with Gasteiger partial charge < -0.3 is 4.90 Å². The first-order chi connectivity index (χ1) is 9.79. The number of aryl methyl sites for hydroxylation is 1. The van der Waals surface area contributed by atoms with Crippen LogP contribution >= 0.6 is 11.3 Å². The first-order valence-electron chi connectivity index (χ1n) is 6.20. The molecular weight excluding hydrogens is 308 g/mol. The summed E-state index contributed by atoms with van der Waals surface area (Å²) >= 11 is 1.20. The maximum atomic E-state index is 12.2. The Morgan fingerprint density at radius 1 is 1.19 bits per heavy atom. The molecule has 0 saturated carbocycles. The fraction of sp³-hybridized carbons (Fsp3) is 0.214. The molecule has 0 aliphatic carbocycles. The SMILES string of the molecule is Cc1ccc(S(=O)(=O)Nc2cccc(C(=O)N(C)C)c2)s1. The summed E-state index contributed by atoms with van der Waals surface area (Å²) in [7, 11) is -0.319. The molecule has 0 radical (unpaired) electrons. The molecule has 0 aliphatic heterocycles. The quantitative estimate of drug-likeness (QED) is 0.940. The van der Waals surface area contributed by atoms with Crippen LogP contribution in [0.2, 0.25) is 0 Å². The molecule has 0 spiro atoms. The number of benzene rings is 1. The number of thiophene rings is 1. The van der Waals surface area contributed by atoms with Gasteiger partial charge in [0.25, 0.3) is 15.9 Å². The Morgan fingerprint density at radius 3 is 2.48 bits per heavy atom. The van der Waals surface area contributed by atoms with Gasteiger partial charge in [0.2, 0.25) is 0 Å². The summed E-state index contributed by atoms with van der Waals surface area (Å²) in [5.41, 5.74) is 0.802. The van der Waals surface area contributed by atoms with Gasteiger partial charge in [-0.1, -0.05) is 6.07 Å². The minimum Gasteiger partial charge on any atom is -0.345 e. The summed E-state index contributed by atoms with van der Waals surface area (Å²) in [6.45, 7) is 1.85. The van der Waals surface area contributed by atoms with Crippen molar-refractivity contribution in [3.63, 3.8) is 0 Å². The van der Waals surface area contributed by atoms with Crippen LogP contribution in [0.5, 0.6) is 0 Å². The van der Waals surface area contributed by atoms with Crippen molar-refractivity contribution in [2.24, 2.45) is 0 Å². The molecule has 0 atom stereocenters. The molecule has 1 N–H and O–H groups in total. The molecule has 0 unspecified atom stereocenters. The standard InChI is InChI=1S/C14H16N2O3S2/c1-10-7-8-13(20-10)21(18,19)15-12-6-4-5-11(9-12)14(17)16(2)3/h4-9,15H,1-3H3. The van der Waals surface area contributed by atoms with Crippen LogP contribution in [0.4, 0.5) is 5.69 Å². The van der Waals surface area contributed by atoms with Crippen LogP contribution in [0, 0.1) is 6.92 Å². The number of carbonyl (C=O) groups excluding carboxylic acids is 1. The van der Waals surface area contributed by atoms with E-state index in [1.807, 2.05) is 6.92 Å². The average Bonchev–Trinajstić information content (AvgIpc) is 2.85. The first kappa shape index (κ1) is 15.5. The van der Waals surface area contributed by atoms with Crippen molar-refractivity contribution >= 4 is 33.0 Å². The lowest BCUT2D eigenvalue weighted by molar-refractivity contribution is 0.0827.